The van der Waals surface area contributed by atoms with Gasteiger partial charge < -0.3 is 10.4 Å². The summed E-state index contributed by atoms with van der Waals surface area (Å²) in [6.07, 6.45) is 4.66. The van der Waals surface area contributed by atoms with Crippen LogP contribution in [-0.2, 0) is 9.59 Å². The van der Waals surface area contributed by atoms with Gasteiger partial charge in [-0.15, -0.1) is 11.3 Å². The highest BCUT2D eigenvalue weighted by atomic mass is 32.1. The van der Waals surface area contributed by atoms with E-state index in [1.165, 1.54) is 11.3 Å². The van der Waals surface area contributed by atoms with Crippen molar-refractivity contribution in [1.82, 2.24) is 4.98 Å². The van der Waals surface area contributed by atoms with E-state index in [1.807, 2.05) is 47.9 Å². The van der Waals surface area contributed by atoms with Crippen molar-refractivity contribution in [2.45, 2.75) is 6.42 Å². The molecule has 2 aromatic carbocycles. The molecule has 0 radical (unpaired) electrons. The predicted molar refractivity (Wildman–Crippen MR) is 117 cm³/mol. The number of aromatic nitrogens is 1. The van der Waals surface area contributed by atoms with E-state index < -0.39 is 17.8 Å². The predicted octanol–water partition coefficient (Wildman–Crippen LogP) is 4.94. The summed E-state index contributed by atoms with van der Waals surface area (Å²) in [5.74, 6) is -2.37. The number of nitrogens with one attached hydrogen (secondary N) is 1. The Kier molecular flexibility index (Phi) is 4.71. The number of anilines is 1. The van der Waals surface area contributed by atoms with E-state index in [1.54, 1.807) is 0 Å². The van der Waals surface area contributed by atoms with Gasteiger partial charge in [-0.1, -0.05) is 66.7 Å². The number of benzene rings is 2. The average Bonchev–Trinajstić information content (AvgIpc) is 3.50. The normalized spacial score (nSPS) is 24.1. The number of thiazole rings is 1. The molecule has 30 heavy (non-hydrogen) atoms. The second-order valence-electron chi connectivity index (χ2n) is 7.81. The molecule has 2 aliphatic rings. The molecule has 2 aliphatic carbocycles. The maximum Gasteiger partial charge on any atom is 0.307 e. The second-order valence-corrected chi connectivity index (χ2v) is 8.67. The number of amides is 1. The molecule has 150 valence electrons. The van der Waals surface area contributed by atoms with Crippen molar-refractivity contribution in [3.8, 4) is 22.4 Å². The minimum Gasteiger partial charge on any atom is -0.481 e. The third-order valence-corrected chi connectivity index (χ3v) is 6.83. The maximum absolute atomic E-state index is 12.8. The zero-order valence-electron chi connectivity index (χ0n) is 16.1. The summed E-state index contributed by atoms with van der Waals surface area (Å²) in [7, 11) is 0. The summed E-state index contributed by atoms with van der Waals surface area (Å²) in [5.41, 5.74) is 4.05. The number of carboxylic acid groups (broad SMARTS) is 1. The van der Waals surface area contributed by atoms with Crippen LogP contribution in [0.5, 0.6) is 0 Å². The number of aliphatic carboxylic acids is 1. The summed E-state index contributed by atoms with van der Waals surface area (Å²) in [6.45, 7) is 0. The third kappa shape index (κ3) is 3.33. The molecule has 1 amide bonds. The molecule has 0 spiro atoms. The molecule has 5 nitrogen and oxygen atoms in total. The highest BCUT2D eigenvalue weighted by Gasteiger charge is 2.51. The van der Waals surface area contributed by atoms with Crippen LogP contribution in [-0.4, -0.2) is 22.0 Å². The highest BCUT2D eigenvalue weighted by molar-refractivity contribution is 7.14. The molecular formula is C24H20N2O3S. The largest absolute Gasteiger partial charge is 0.481 e. The number of fused-ring (bicyclic) bond motifs is 2. The number of nitrogens with zero attached hydrogens (tertiary/aromatic N) is 1. The van der Waals surface area contributed by atoms with Crippen molar-refractivity contribution in [2.24, 2.45) is 23.7 Å². The van der Waals surface area contributed by atoms with E-state index in [9.17, 15) is 14.7 Å². The number of rotatable bonds is 5. The zero-order valence-corrected chi connectivity index (χ0v) is 16.9. The molecule has 5 rings (SSSR count). The van der Waals surface area contributed by atoms with Gasteiger partial charge in [0, 0.05) is 10.9 Å². The summed E-state index contributed by atoms with van der Waals surface area (Å²) in [5, 5.41) is 14.8. The summed E-state index contributed by atoms with van der Waals surface area (Å²) >= 11 is 1.35. The molecule has 0 aliphatic heterocycles. The van der Waals surface area contributed by atoms with E-state index >= 15 is 0 Å². The second kappa shape index (κ2) is 7.54. The highest BCUT2D eigenvalue weighted by Crippen LogP contribution is 2.48. The van der Waals surface area contributed by atoms with Gasteiger partial charge in [0.25, 0.3) is 0 Å². The van der Waals surface area contributed by atoms with Crippen molar-refractivity contribution in [3.63, 3.8) is 0 Å². The van der Waals surface area contributed by atoms with E-state index in [4.69, 9.17) is 0 Å². The molecular weight excluding hydrogens is 396 g/mol. The van der Waals surface area contributed by atoms with Crippen LogP contribution in [0.15, 0.2) is 72.1 Å². The molecule has 0 saturated heterocycles. The van der Waals surface area contributed by atoms with Gasteiger partial charge >= 0.3 is 5.97 Å². The Hall–Kier alpha value is -3.25. The van der Waals surface area contributed by atoms with Crippen LogP contribution in [0, 0.1) is 23.7 Å². The standard InChI is InChI=1S/C24H20N2O3S/c27-22(20-17-10-11-18(12-17)21(20)23(28)29)26-24-25-19(13-30-24)16-8-6-15(7-9-16)14-4-2-1-3-5-14/h1-11,13,17-18,20-21H,12H2,(H,28,29)(H,25,26,27). The lowest BCUT2D eigenvalue weighted by molar-refractivity contribution is -0.146. The Labute approximate surface area is 178 Å². The van der Waals surface area contributed by atoms with E-state index in [0.29, 0.717) is 5.13 Å². The molecule has 1 heterocycles. The molecule has 4 atom stereocenters. The topological polar surface area (TPSA) is 79.3 Å². The van der Waals surface area contributed by atoms with Gasteiger partial charge in [-0.05, 0) is 29.4 Å². The van der Waals surface area contributed by atoms with Crippen LogP contribution < -0.4 is 5.32 Å². The van der Waals surface area contributed by atoms with Crippen LogP contribution in [0.2, 0.25) is 0 Å². The smallest absolute Gasteiger partial charge is 0.307 e. The Balaban J connectivity index is 1.31. The van der Waals surface area contributed by atoms with Crippen molar-refractivity contribution in [1.29, 1.82) is 0 Å². The maximum atomic E-state index is 12.8. The summed E-state index contributed by atoms with van der Waals surface area (Å²) in [6, 6.07) is 18.3. The fourth-order valence-electron chi connectivity index (χ4n) is 4.63. The van der Waals surface area contributed by atoms with Crippen molar-refractivity contribution < 1.29 is 14.7 Å². The monoisotopic (exact) mass is 416 g/mol. The van der Waals surface area contributed by atoms with Crippen molar-refractivity contribution >= 4 is 28.3 Å². The number of carbonyl (C=O) groups excluding carboxylic acids is 1. The van der Waals surface area contributed by atoms with E-state index in [-0.39, 0.29) is 17.7 Å². The van der Waals surface area contributed by atoms with Gasteiger partial charge in [0.15, 0.2) is 5.13 Å². The molecule has 2 N–H and O–H groups in total. The van der Waals surface area contributed by atoms with Gasteiger partial charge in [-0.3, -0.25) is 9.59 Å². The average molecular weight is 417 g/mol. The van der Waals surface area contributed by atoms with Gasteiger partial charge in [-0.25, -0.2) is 4.98 Å². The molecule has 1 saturated carbocycles. The van der Waals surface area contributed by atoms with Crippen molar-refractivity contribution in [2.75, 3.05) is 5.32 Å². The third-order valence-electron chi connectivity index (χ3n) is 6.07. The Morgan fingerprint density at radius 1 is 0.900 bits per heavy atom. The number of allylic oxidation sites excluding steroid dienone is 2. The van der Waals surface area contributed by atoms with E-state index in [2.05, 4.69) is 34.6 Å². The first kappa shape index (κ1) is 18.8. The van der Waals surface area contributed by atoms with E-state index in [0.717, 1.165) is 28.8 Å². The van der Waals surface area contributed by atoms with Gasteiger partial charge in [0.2, 0.25) is 5.91 Å². The number of hydrogen-bond acceptors (Lipinski definition) is 4. The number of hydrogen-bond donors (Lipinski definition) is 2. The van der Waals surface area contributed by atoms with Crippen LogP contribution in [0.4, 0.5) is 5.13 Å². The number of carbonyl (C=O) groups is 2. The lowest BCUT2D eigenvalue weighted by Gasteiger charge is -2.23. The van der Waals surface area contributed by atoms with Gasteiger partial charge in [0.1, 0.15) is 0 Å². The SMILES string of the molecule is O=C(O)C1C2C=CC(C2)C1C(=O)Nc1nc(-c2ccc(-c3ccccc3)cc2)cs1. The molecule has 1 aromatic heterocycles. The molecule has 1 fully saturated rings. The van der Waals surface area contributed by atoms with Crippen molar-refractivity contribution in [3.05, 3.63) is 72.1 Å². The zero-order chi connectivity index (χ0) is 20.7. The van der Waals surface area contributed by atoms with Gasteiger partial charge in [-0.2, -0.15) is 0 Å². The van der Waals surface area contributed by atoms with Crippen LogP contribution in [0.25, 0.3) is 22.4 Å². The van der Waals surface area contributed by atoms with Crippen LogP contribution in [0.1, 0.15) is 6.42 Å². The van der Waals surface area contributed by atoms with Crippen LogP contribution >= 0.6 is 11.3 Å². The lowest BCUT2D eigenvalue weighted by Crippen LogP contribution is -2.36. The lowest BCUT2D eigenvalue weighted by atomic mass is 9.82. The van der Waals surface area contributed by atoms with Crippen LogP contribution in [0.3, 0.4) is 0 Å². The first-order valence-electron chi connectivity index (χ1n) is 9.93. The fourth-order valence-corrected chi connectivity index (χ4v) is 5.36. The summed E-state index contributed by atoms with van der Waals surface area (Å²) in [4.78, 5) is 29.0. The molecule has 6 heteroatoms. The fraction of sp³-hybridized carbons (Fsp3) is 0.208. The first-order chi connectivity index (χ1) is 14.6. The minimum absolute atomic E-state index is 0.000985. The summed E-state index contributed by atoms with van der Waals surface area (Å²) < 4.78 is 0. The minimum atomic E-state index is -0.898. The quantitative estimate of drug-likeness (QED) is 0.578. The van der Waals surface area contributed by atoms with Gasteiger partial charge in [0.05, 0.1) is 17.5 Å². The molecule has 3 aromatic rings. The first-order valence-corrected chi connectivity index (χ1v) is 10.8. The Bertz CT molecular complexity index is 1120. The number of carboxylic acids is 1. The Morgan fingerprint density at radius 3 is 2.23 bits per heavy atom. The molecule has 4 unspecified atom stereocenters. The Morgan fingerprint density at radius 2 is 1.53 bits per heavy atom. The molecule has 2 bridgehead atoms.